The molecule has 0 saturated heterocycles. The Hall–Kier alpha value is -0.170. The summed E-state index contributed by atoms with van der Waals surface area (Å²) in [7, 11) is 0. The second-order valence-corrected chi connectivity index (χ2v) is 0.854. The fraction of sp³-hybridized carbons (Fsp3) is 0.250. The van der Waals surface area contributed by atoms with Crippen molar-refractivity contribution in [3.8, 4) is 0 Å². The minimum atomic E-state index is 1.69. The Labute approximate surface area is 37.5 Å². The molecule has 1 heteroatoms. The summed E-state index contributed by atoms with van der Waals surface area (Å²) in [5.41, 5.74) is 0. The molecule has 0 aliphatic carbocycles. The molecule has 0 atom stereocenters. The van der Waals surface area contributed by atoms with E-state index in [4.69, 9.17) is 0 Å². The minimum Gasteiger partial charge on any atom is -0.0862 e. The first kappa shape index (κ1) is 4.83. The highest BCUT2D eigenvalue weighted by Gasteiger charge is 1.46. The van der Waals surface area contributed by atoms with Crippen molar-refractivity contribution in [1.82, 2.24) is 0 Å². The molecule has 0 aliphatic heterocycles. The van der Waals surface area contributed by atoms with Crippen LogP contribution >= 0.6 is 12.2 Å². The molecule has 27 valence electrons. The summed E-state index contributed by atoms with van der Waals surface area (Å²) in [6.45, 7) is 1.90. The number of thiocarbonyl (C=S) groups is 1. The predicted molar refractivity (Wildman–Crippen MR) is 27.4 cm³/mol. The quantitative estimate of drug-likeness (QED) is 0.343. The molecule has 0 aromatic heterocycles. The first-order chi connectivity index (χ1) is 2.41. The molecule has 0 spiro atoms. The average molecular weight is 85.2 g/mol. The lowest BCUT2D eigenvalue weighted by Gasteiger charge is -1.52. The van der Waals surface area contributed by atoms with E-state index in [2.05, 4.69) is 17.6 Å². The largest absolute Gasteiger partial charge is 0.0862 e. The molecule has 0 fully saturated rings. The van der Waals surface area contributed by atoms with Crippen molar-refractivity contribution >= 4 is 17.6 Å². The van der Waals surface area contributed by atoms with E-state index in [0.29, 0.717) is 0 Å². The zero-order valence-corrected chi connectivity index (χ0v) is 3.88. The molecule has 0 N–H and O–H groups in total. The maximum Gasteiger partial charge on any atom is 0.0554 e. The third kappa shape index (κ3) is 3.83. The van der Waals surface area contributed by atoms with Gasteiger partial charge in [0.25, 0.3) is 0 Å². The first-order valence-corrected chi connectivity index (χ1v) is 1.81. The van der Waals surface area contributed by atoms with E-state index in [1.165, 1.54) is 0 Å². The summed E-state index contributed by atoms with van der Waals surface area (Å²) in [6, 6.07) is 0. The molecule has 5 heavy (non-hydrogen) atoms. The number of hydrogen-bond acceptors (Lipinski definition) is 1. The molecule has 0 amide bonds. The third-order valence-electron chi connectivity index (χ3n) is 0.235. The fourth-order valence-corrected chi connectivity index (χ4v) is 0.204. The lowest BCUT2D eigenvalue weighted by Crippen LogP contribution is -1.44. The Morgan fingerprint density at radius 1 is 1.80 bits per heavy atom. The van der Waals surface area contributed by atoms with Crippen LogP contribution in [0.25, 0.3) is 0 Å². The normalized spacial score (nSPS) is 9.00. The van der Waals surface area contributed by atoms with Gasteiger partial charge in [-0.1, -0.05) is 18.3 Å². The van der Waals surface area contributed by atoms with Crippen molar-refractivity contribution in [2.45, 2.75) is 6.92 Å². The number of allylic oxidation sites excluding steroid dienone is 2. The lowest BCUT2D eigenvalue weighted by atomic mass is 10.6. The van der Waals surface area contributed by atoms with Gasteiger partial charge >= 0.3 is 0 Å². The Morgan fingerprint density at radius 2 is 2.40 bits per heavy atom. The third-order valence-corrected chi connectivity index (χ3v) is 0.371. The second kappa shape index (κ2) is 3.83. The van der Waals surface area contributed by atoms with Crippen LogP contribution in [0.5, 0.6) is 0 Å². The molecule has 0 aliphatic rings. The molecule has 1 radical (unpaired) electrons. The van der Waals surface area contributed by atoms with Crippen LogP contribution in [0.2, 0.25) is 0 Å². The molecule has 0 aromatic rings. The van der Waals surface area contributed by atoms with Gasteiger partial charge in [-0.05, 0) is 13.0 Å². The highest BCUT2D eigenvalue weighted by molar-refractivity contribution is 7.79. The molecule has 0 aromatic carbocycles. The van der Waals surface area contributed by atoms with E-state index < -0.39 is 0 Å². The topological polar surface area (TPSA) is 0 Å². The summed E-state index contributed by atoms with van der Waals surface area (Å²) in [5.74, 6) is 0. The predicted octanol–water partition coefficient (Wildman–Crippen LogP) is 1.44. The highest BCUT2D eigenvalue weighted by atomic mass is 32.1. The molecular formula is C4H5S. The maximum absolute atomic E-state index is 4.31. The van der Waals surface area contributed by atoms with E-state index in [1.807, 2.05) is 13.0 Å². The monoisotopic (exact) mass is 85.0 g/mol. The number of hydrogen-bond donors (Lipinski definition) is 0. The summed E-state index contributed by atoms with van der Waals surface area (Å²) in [5, 5.41) is 2.42. The molecule has 0 bridgehead atoms. The van der Waals surface area contributed by atoms with Crippen molar-refractivity contribution in [3.05, 3.63) is 12.2 Å². The second-order valence-electron chi connectivity index (χ2n) is 0.618. The van der Waals surface area contributed by atoms with Crippen molar-refractivity contribution in [1.29, 1.82) is 0 Å². The zero-order valence-electron chi connectivity index (χ0n) is 3.06. The minimum absolute atomic E-state index is 1.69. The Morgan fingerprint density at radius 3 is 2.40 bits per heavy atom. The Bertz CT molecular complexity index is 45.6. The van der Waals surface area contributed by atoms with Crippen LogP contribution in [0.4, 0.5) is 0 Å². The van der Waals surface area contributed by atoms with Gasteiger partial charge in [0.05, 0.1) is 5.37 Å². The molecule has 0 nitrogen and oxygen atoms in total. The van der Waals surface area contributed by atoms with Crippen LogP contribution in [0.1, 0.15) is 6.92 Å². The maximum atomic E-state index is 4.31. The van der Waals surface area contributed by atoms with Gasteiger partial charge in [0.2, 0.25) is 0 Å². The van der Waals surface area contributed by atoms with E-state index >= 15 is 0 Å². The van der Waals surface area contributed by atoms with Gasteiger partial charge < -0.3 is 0 Å². The van der Waals surface area contributed by atoms with Gasteiger partial charge in [-0.25, -0.2) is 0 Å². The Balaban J connectivity index is 2.92. The summed E-state index contributed by atoms with van der Waals surface area (Å²) in [4.78, 5) is 0. The van der Waals surface area contributed by atoms with Gasteiger partial charge in [0.15, 0.2) is 0 Å². The molecule has 0 heterocycles. The molecular weight excluding hydrogens is 80.1 g/mol. The van der Waals surface area contributed by atoms with Crippen molar-refractivity contribution < 1.29 is 0 Å². The smallest absolute Gasteiger partial charge is 0.0554 e. The summed E-state index contributed by atoms with van der Waals surface area (Å²) >= 11 is 4.31. The van der Waals surface area contributed by atoms with Gasteiger partial charge in [-0.15, -0.1) is 0 Å². The van der Waals surface area contributed by atoms with Crippen LogP contribution in [-0.4, -0.2) is 5.37 Å². The number of rotatable bonds is 1. The van der Waals surface area contributed by atoms with Gasteiger partial charge in [-0.3, -0.25) is 0 Å². The zero-order chi connectivity index (χ0) is 4.12. The van der Waals surface area contributed by atoms with Crippen LogP contribution in [0, 0.1) is 0 Å². The van der Waals surface area contributed by atoms with E-state index in [-0.39, 0.29) is 0 Å². The summed E-state index contributed by atoms with van der Waals surface area (Å²) in [6.07, 6.45) is 3.53. The molecule has 0 rings (SSSR count). The summed E-state index contributed by atoms with van der Waals surface area (Å²) < 4.78 is 0. The van der Waals surface area contributed by atoms with Crippen LogP contribution in [0.15, 0.2) is 12.2 Å². The van der Waals surface area contributed by atoms with E-state index in [1.54, 1.807) is 6.08 Å². The van der Waals surface area contributed by atoms with Crippen molar-refractivity contribution in [2.24, 2.45) is 0 Å². The van der Waals surface area contributed by atoms with E-state index in [0.717, 1.165) is 0 Å². The van der Waals surface area contributed by atoms with Crippen LogP contribution in [-0.2, 0) is 0 Å². The van der Waals surface area contributed by atoms with Crippen LogP contribution < -0.4 is 0 Å². The highest BCUT2D eigenvalue weighted by Crippen LogP contribution is 1.59. The van der Waals surface area contributed by atoms with Crippen molar-refractivity contribution in [3.63, 3.8) is 0 Å². The standard InChI is InChI=1S/C4H5S/c1-2-3-4-5/h2-3H,1H3. The lowest BCUT2D eigenvalue weighted by molar-refractivity contribution is 1.78. The first-order valence-electron chi connectivity index (χ1n) is 1.40. The van der Waals surface area contributed by atoms with Crippen molar-refractivity contribution in [2.75, 3.05) is 0 Å². The Kier molecular flexibility index (Phi) is 3.70. The SMILES string of the molecule is CC=C[C]=S. The molecule has 0 saturated carbocycles. The van der Waals surface area contributed by atoms with Gasteiger partial charge in [0.1, 0.15) is 0 Å². The van der Waals surface area contributed by atoms with E-state index in [9.17, 15) is 0 Å². The van der Waals surface area contributed by atoms with Crippen LogP contribution in [0.3, 0.4) is 0 Å². The fourth-order valence-electron chi connectivity index (χ4n) is 0.0680. The molecule has 0 unspecified atom stereocenters. The van der Waals surface area contributed by atoms with Gasteiger partial charge in [-0.2, -0.15) is 0 Å². The average Bonchev–Trinajstić information content (AvgIpc) is 1.41. The van der Waals surface area contributed by atoms with Gasteiger partial charge in [0, 0.05) is 0 Å².